The Balaban J connectivity index is 1.57. The van der Waals surface area contributed by atoms with Gasteiger partial charge in [0.2, 0.25) is 0 Å². The number of carbonyl (C=O) groups excluding carboxylic acids is 2. The Morgan fingerprint density at radius 1 is 1.23 bits per heavy atom. The molecule has 0 aliphatic heterocycles. The third kappa shape index (κ3) is 9.09. The number of thiophene rings is 1. The molecule has 214 valence electrons. The average molecular weight is 558 g/mol. The van der Waals surface area contributed by atoms with Gasteiger partial charge in [0, 0.05) is 33.4 Å². The van der Waals surface area contributed by atoms with Crippen LogP contribution in [0.4, 0.5) is 4.79 Å². The van der Waals surface area contributed by atoms with E-state index < -0.39 is 22.9 Å². The molecule has 0 saturated heterocycles. The van der Waals surface area contributed by atoms with Gasteiger partial charge in [-0.05, 0) is 50.2 Å². The number of nitrogens with one attached hydrogen (secondary N) is 1. The highest BCUT2D eigenvalue weighted by Crippen LogP contribution is 2.34. The summed E-state index contributed by atoms with van der Waals surface area (Å²) in [5.41, 5.74) is -1.98. The van der Waals surface area contributed by atoms with Crippen molar-refractivity contribution < 1.29 is 23.8 Å². The SMILES string of the molecule is COC(=O)N/C=C/CCC(C)c1cc(O)c(C(=O)C(C)(C)Cc2ccc(CCCC3CCCCC3)s2)c(=O)o1. The molecule has 2 heterocycles. The Morgan fingerprint density at radius 3 is 2.64 bits per heavy atom. The van der Waals surface area contributed by atoms with Crippen molar-refractivity contribution in [2.75, 3.05) is 7.11 Å². The van der Waals surface area contributed by atoms with Gasteiger partial charge in [-0.2, -0.15) is 0 Å². The van der Waals surface area contributed by atoms with Crippen molar-refractivity contribution in [3.8, 4) is 5.75 Å². The van der Waals surface area contributed by atoms with Crippen molar-refractivity contribution in [1.29, 1.82) is 0 Å². The smallest absolute Gasteiger partial charge is 0.410 e. The highest BCUT2D eigenvalue weighted by molar-refractivity contribution is 7.12. The number of rotatable bonds is 13. The zero-order chi connectivity index (χ0) is 28.4. The lowest BCUT2D eigenvalue weighted by molar-refractivity contribution is 0.0830. The topological polar surface area (TPSA) is 106 Å². The summed E-state index contributed by atoms with van der Waals surface area (Å²) in [7, 11) is 1.28. The number of alkyl carbamates (subject to hydrolysis) is 1. The van der Waals surface area contributed by atoms with E-state index >= 15 is 0 Å². The van der Waals surface area contributed by atoms with E-state index in [-0.39, 0.29) is 17.2 Å². The number of ether oxygens (including phenoxy) is 1. The van der Waals surface area contributed by atoms with Crippen molar-refractivity contribution in [3.05, 3.63) is 62.0 Å². The van der Waals surface area contributed by atoms with Gasteiger partial charge in [0.25, 0.3) is 0 Å². The van der Waals surface area contributed by atoms with Crippen LogP contribution < -0.4 is 10.9 Å². The van der Waals surface area contributed by atoms with Crippen molar-refractivity contribution in [3.63, 3.8) is 0 Å². The Bertz CT molecular complexity index is 1190. The molecule has 2 aromatic heterocycles. The van der Waals surface area contributed by atoms with Crippen LogP contribution in [-0.4, -0.2) is 24.1 Å². The van der Waals surface area contributed by atoms with Crippen molar-refractivity contribution in [2.24, 2.45) is 11.3 Å². The number of Topliss-reactive ketones (excluding diaryl/α,β-unsaturated/α-hetero) is 1. The van der Waals surface area contributed by atoms with Crippen molar-refractivity contribution in [2.45, 2.75) is 97.3 Å². The molecule has 3 rings (SSSR count). The molecular formula is C31H43NO6S. The lowest BCUT2D eigenvalue weighted by Crippen LogP contribution is -2.31. The molecule has 0 aromatic carbocycles. The second kappa shape index (κ2) is 14.5. The lowest BCUT2D eigenvalue weighted by atomic mass is 9.81. The molecule has 1 aliphatic carbocycles. The average Bonchev–Trinajstić information content (AvgIpc) is 3.34. The van der Waals surface area contributed by atoms with Gasteiger partial charge in [-0.15, -0.1) is 11.3 Å². The molecular weight excluding hydrogens is 514 g/mol. The molecule has 8 heteroatoms. The molecule has 1 aliphatic rings. The maximum atomic E-state index is 13.4. The zero-order valence-corrected chi connectivity index (χ0v) is 24.5. The molecule has 1 unspecified atom stereocenters. The van der Waals surface area contributed by atoms with Crippen LogP contribution in [0, 0.1) is 11.3 Å². The van der Waals surface area contributed by atoms with Gasteiger partial charge >= 0.3 is 11.7 Å². The first-order valence-corrected chi connectivity index (χ1v) is 14.9. The molecule has 39 heavy (non-hydrogen) atoms. The predicted molar refractivity (Wildman–Crippen MR) is 155 cm³/mol. The molecule has 0 radical (unpaired) electrons. The van der Waals surface area contributed by atoms with E-state index in [1.165, 1.54) is 69.2 Å². The molecule has 2 aromatic rings. The number of hydrogen-bond acceptors (Lipinski definition) is 7. The minimum atomic E-state index is -0.874. The van der Waals surface area contributed by atoms with Crippen molar-refractivity contribution >= 4 is 23.2 Å². The summed E-state index contributed by atoms with van der Waals surface area (Å²) in [5.74, 6) is 0.264. The van der Waals surface area contributed by atoms with E-state index in [0.29, 0.717) is 25.0 Å². The monoisotopic (exact) mass is 557 g/mol. The zero-order valence-electron chi connectivity index (χ0n) is 23.7. The Kier molecular flexibility index (Phi) is 11.4. The van der Waals surface area contributed by atoms with E-state index in [4.69, 9.17) is 4.42 Å². The van der Waals surface area contributed by atoms with Crippen LogP contribution in [-0.2, 0) is 17.6 Å². The van der Waals surface area contributed by atoms with Gasteiger partial charge in [0.15, 0.2) is 5.78 Å². The Morgan fingerprint density at radius 2 is 1.95 bits per heavy atom. The summed E-state index contributed by atoms with van der Waals surface area (Å²) in [5, 5.41) is 13.1. The molecule has 1 fully saturated rings. The third-order valence-electron chi connectivity index (χ3n) is 7.64. The molecule has 2 N–H and O–H groups in total. The Labute approximate surface area is 235 Å². The fraction of sp³-hybridized carbons (Fsp3) is 0.581. The van der Waals surface area contributed by atoms with Crippen LogP contribution in [0.25, 0.3) is 0 Å². The maximum Gasteiger partial charge on any atom is 0.410 e. The molecule has 1 atom stereocenters. The van der Waals surface area contributed by atoms with E-state index in [1.807, 2.05) is 20.8 Å². The first-order valence-electron chi connectivity index (χ1n) is 14.1. The first kappa shape index (κ1) is 30.7. The standard InChI is InChI=1S/C31H43NO6S/c1-21(11-8-9-18-32-30(36)37-4)26-19-25(33)27(29(35)38-26)28(34)31(2,3)20-24-17-16-23(39-24)15-10-14-22-12-6-5-7-13-22/h9,16-19,21-22,33H,5-8,10-15,20H2,1-4H3,(H,32,36)/b18-9+. The van der Waals surface area contributed by atoms with E-state index in [2.05, 4.69) is 22.2 Å². The van der Waals surface area contributed by atoms with Gasteiger partial charge in [-0.1, -0.05) is 65.4 Å². The summed E-state index contributed by atoms with van der Waals surface area (Å²) in [4.78, 5) is 39.7. The van der Waals surface area contributed by atoms with Crippen LogP contribution >= 0.6 is 11.3 Å². The number of amides is 1. The van der Waals surface area contributed by atoms with Gasteiger partial charge in [0.1, 0.15) is 17.1 Å². The lowest BCUT2D eigenvalue weighted by Gasteiger charge is -2.22. The van der Waals surface area contributed by atoms with Crippen LogP contribution in [0.15, 0.2) is 39.7 Å². The van der Waals surface area contributed by atoms with Crippen LogP contribution in [0.3, 0.4) is 0 Å². The predicted octanol–water partition coefficient (Wildman–Crippen LogP) is 7.51. The Hall–Kier alpha value is -2.87. The number of methoxy groups -OCH3 is 1. The second-order valence-corrected chi connectivity index (χ2v) is 12.6. The number of aromatic hydroxyl groups is 1. The van der Waals surface area contributed by atoms with E-state index in [9.17, 15) is 19.5 Å². The minimum absolute atomic E-state index is 0.175. The van der Waals surface area contributed by atoms with Gasteiger partial charge in [0.05, 0.1) is 7.11 Å². The van der Waals surface area contributed by atoms with Gasteiger partial charge in [-0.3, -0.25) is 10.1 Å². The van der Waals surface area contributed by atoms with Crippen LogP contribution in [0.2, 0.25) is 0 Å². The quantitative estimate of drug-likeness (QED) is 0.247. The summed E-state index contributed by atoms with van der Waals surface area (Å²) < 4.78 is 9.97. The summed E-state index contributed by atoms with van der Waals surface area (Å²) >= 11 is 1.74. The molecule has 1 saturated carbocycles. The van der Waals surface area contributed by atoms with Gasteiger partial charge in [-0.25, -0.2) is 9.59 Å². The summed E-state index contributed by atoms with van der Waals surface area (Å²) in [6.07, 6.45) is 14.9. The third-order valence-corrected chi connectivity index (χ3v) is 8.79. The summed E-state index contributed by atoms with van der Waals surface area (Å²) in [6.45, 7) is 5.48. The number of carbonyl (C=O) groups is 2. The first-order chi connectivity index (χ1) is 18.6. The van der Waals surface area contributed by atoms with E-state index in [0.717, 1.165) is 17.2 Å². The van der Waals surface area contributed by atoms with E-state index in [1.54, 1.807) is 17.4 Å². The number of ketones is 1. The molecule has 0 bridgehead atoms. The van der Waals surface area contributed by atoms with Crippen LogP contribution in [0.1, 0.15) is 110 Å². The number of allylic oxidation sites excluding steroid dienone is 1. The molecule has 1 amide bonds. The summed E-state index contributed by atoms with van der Waals surface area (Å²) in [6, 6.07) is 5.61. The molecule has 7 nitrogen and oxygen atoms in total. The van der Waals surface area contributed by atoms with Gasteiger partial charge < -0.3 is 14.3 Å². The largest absolute Gasteiger partial charge is 0.507 e. The molecule has 0 spiro atoms. The minimum Gasteiger partial charge on any atom is -0.507 e. The number of aryl methyl sites for hydroxylation is 1. The number of hydrogen-bond donors (Lipinski definition) is 2. The maximum absolute atomic E-state index is 13.4. The highest BCUT2D eigenvalue weighted by atomic mass is 32.1. The van der Waals surface area contributed by atoms with Crippen molar-refractivity contribution in [1.82, 2.24) is 5.32 Å². The second-order valence-electron chi connectivity index (χ2n) is 11.4. The normalized spacial score (nSPS) is 15.4. The highest BCUT2D eigenvalue weighted by Gasteiger charge is 2.34. The fourth-order valence-corrected chi connectivity index (χ4v) is 6.54. The van der Waals surface area contributed by atoms with Crippen LogP contribution in [0.5, 0.6) is 5.75 Å². The fourth-order valence-electron chi connectivity index (χ4n) is 5.26.